The highest BCUT2D eigenvalue weighted by Crippen LogP contribution is 2.02. The van der Waals surface area contributed by atoms with Crippen LogP contribution in [-0.4, -0.2) is 26.8 Å². The van der Waals surface area contributed by atoms with Crippen molar-refractivity contribution in [3.05, 3.63) is 0 Å². The molecule has 0 aliphatic rings. The molecule has 0 fully saturated rings. The SMILES string of the molecule is CC.COC(C)(C)C.[B]CCC=O. The smallest absolute Gasteiger partial charge is 0.119 e. The van der Waals surface area contributed by atoms with Gasteiger partial charge in [-0.1, -0.05) is 20.2 Å². The third-order valence-corrected chi connectivity index (χ3v) is 0.897. The Hall–Kier alpha value is -0.305. The summed E-state index contributed by atoms with van der Waals surface area (Å²) in [5, 5.41) is 0. The Labute approximate surface area is 84.5 Å². The largest absolute Gasteiger partial charge is 0.379 e. The van der Waals surface area contributed by atoms with E-state index >= 15 is 0 Å². The maximum atomic E-state index is 9.32. The zero-order valence-electron chi connectivity index (χ0n) is 9.89. The average Bonchev–Trinajstić information content (AvgIpc) is 2.09. The van der Waals surface area contributed by atoms with Crippen molar-refractivity contribution in [2.75, 3.05) is 7.11 Å². The highest BCUT2D eigenvalue weighted by molar-refractivity contribution is 6.09. The topological polar surface area (TPSA) is 26.3 Å². The van der Waals surface area contributed by atoms with Gasteiger partial charge in [-0.25, -0.2) is 0 Å². The fraction of sp³-hybridized carbons (Fsp3) is 0.900. The van der Waals surface area contributed by atoms with Crippen LogP contribution in [0.15, 0.2) is 0 Å². The molecule has 2 nitrogen and oxygen atoms in total. The molecule has 0 N–H and O–H groups in total. The first kappa shape index (κ1) is 18.5. The van der Waals surface area contributed by atoms with Crippen molar-refractivity contribution in [1.29, 1.82) is 0 Å². The minimum Gasteiger partial charge on any atom is -0.379 e. The van der Waals surface area contributed by atoms with Gasteiger partial charge in [0.15, 0.2) is 0 Å². The standard InChI is InChI=1S/C5H12O.C3H5BO.C2H6/c1-5(2,3)6-4;4-2-1-3-5;1-2/h1-4H3;3H,1-2H2;1-2H3. The number of hydrogen-bond donors (Lipinski definition) is 0. The summed E-state index contributed by atoms with van der Waals surface area (Å²) >= 11 is 0. The first-order valence-electron chi connectivity index (χ1n) is 4.66. The summed E-state index contributed by atoms with van der Waals surface area (Å²) in [7, 11) is 6.62. The van der Waals surface area contributed by atoms with E-state index in [2.05, 4.69) is 0 Å². The van der Waals surface area contributed by atoms with E-state index in [0.29, 0.717) is 12.7 Å². The fourth-order valence-corrected chi connectivity index (χ4v) is 0.0680. The number of rotatable bonds is 2. The molecule has 0 saturated carbocycles. The van der Waals surface area contributed by atoms with Crippen LogP contribution in [0.4, 0.5) is 0 Å². The summed E-state index contributed by atoms with van der Waals surface area (Å²) in [6, 6.07) is 0. The molecule has 0 aromatic rings. The van der Waals surface area contributed by atoms with E-state index in [4.69, 9.17) is 12.6 Å². The minimum absolute atomic E-state index is 0.0417. The van der Waals surface area contributed by atoms with Crippen LogP contribution >= 0.6 is 0 Å². The van der Waals surface area contributed by atoms with Crippen molar-refractivity contribution >= 4 is 14.1 Å². The molecule has 0 aromatic heterocycles. The van der Waals surface area contributed by atoms with Crippen molar-refractivity contribution < 1.29 is 9.53 Å². The Morgan fingerprint density at radius 1 is 1.31 bits per heavy atom. The monoisotopic (exact) mass is 186 g/mol. The van der Waals surface area contributed by atoms with Gasteiger partial charge in [-0.15, -0.1) is 0 Å². The summed E-state index contributed by atoms with van der Waals surface area (Å²) in [5.41, 5.74) is 0.0417. The summed E-state index contributed by atoms with van der Waals surface area (Å²) in [4.78, 5) is 9.32. The third-order valence-electron chi connectivity index (χ3n) is 0.897. The molecule has 0 aliphatic heterocycles. The molecule has 0 spiro atoms. The van der Waals surface area contributed by atoms with E-state index in [1.54, 1.807) is 7.11 Å². The van der Waals surface area contributed by atoms with Gasteiger partial charge in [0, 0.05) is 7.11 Å². The fourth-order valence-electron chi connectivity index (χ4n) is 0.0680. The van der Waals surface area contributed by atoms with Crippen LogP contribution in [0.5, 0.6) is 0 Å². The van der Waals surface area contributed by atoms with Crippen molar-refractivity contribution in [2.24, 2.45) is 0 Å². The number of carbonyl (C=O) groups excluding carboxylic acids is 1. The molecule has 0 bridgehead atoms. The lowest BCUT2D eigenvalue weighted by atomic mass is 10.0. The molecular weight excluding hydrogens is 163 g/mol. The molecule has 13 heavy (non-hydrogen) atoms. The van der Waals surface area contributed by atoms with E-state index in [1.807, 2.05) is 34.6 Å². The molecule has 0 atom stereocenters. The number of methoxy groups -OCH3 is 1. The third kappa shape index (κ3) is 49.9. The highest BCUT2D eigenvalue weighted by Gasteiger charge is 2.03. The molecule has 0 aliphatic carbocycles. The van der Waals surface area contributed by atoms with Crippen molar-refractivity contribution in [2.45, 2.75) is 53.0 Å². The minimum atomic E-state index is 0.0417. The summed E-state index contributed by atoms with van der Waals surface area (Å²) < 4.78 is 4.94. The summed E-state index contributed by atoms with van der Waals surface area (Å²) in [5.74, 6) is 0. The Balaban J connectivity index is -0.000000131. The van der Waals surface area contributed by atoms with Crippen LogP contribution < -0.4 is 0 Å². The van der Waals surface area contributed by atoms with Gasteiger partial charge in [0.1, 0.15) is 6.29 Å². The van der Waals surface area contributed by atoms with Crippen LogP contribution in [0.1, 0.15) is 41.0 Å². The van der Waals surface area contributed by atoms with Gasteiger partial charge in [-0.3, -0.25) is 0 Å². The average molecular weight is 186 g/mol. The van der Waals surface area contributed by atoms with Gasteiger partial charge in [0.2, 0.25) is 0 Å². The second kappa shape index (κ2) is 14.2. The normalized spacial score (nSPS) is 8.77. The van der Waals surface area contributed by atoms with Gasteiger partial charge in [-0.2, -0.15) is 0 Å². The van der Waals surface area contributed by atoms with Gasteiger partial charge in [-0.05, 0) is 27.2 Å². The van der Waals surface area contributed by atoms with E-state index in [1.165, 1.54) is 0 Å². The number of aldehydes is 1. The van der Waals surface area contributed by atoms with E-state index in [9.17, 15) is 4.79 Å². The molecular formula is C10H23BO2. The molecule has 0 heterocycles. The predicted octanol–water partition coefficient (Wildman–Crippen LogP) is 2.62. The lowest BCUT2D eigenvalue weighted by molar-refractivity contribution is -0.107. The summed E-state index contributed by atoms with van der Waals surface area (Å²) in [6.07, 6.45) is 1.77. The lowest BCUT2D eigenvalue weighted by Crippen LogP contribution is -2.15. The molecule has 0 unspecified atom stereocenters. The maximum absolute atomic E-state index is 9.32. The second-order valence-electron chi connectivity index (χ2n) is 3.06. The van der Waals surface area contributed by atoms with Gasteiger partial charge in [0.05, 0.1) is 13.4 Å². The van der Waals surface area contributed by atoms with E-state index in [0.717, 1.165) is 6.29 Å². The molecule has 0 rings (SSSR count). The molecule has 3 heteroatoms. The van der Waals surface area contributed by atoms with Gasteiger partial charge in [0.25, 0.3) is 0 Å². The first-order chi connectivity index (χ1) is 5.97. The summed E-state index contributed by atoms with van der Waals surface area (Å²) in [6.45, 7) is 10.1. The lowest BCUT2D eigenvalue weighted by Gasteiger charge is -2.14. The zero-order chi connectivity index (χ0) is 11.3. The van der Waals surface area contributed by atoms with Gasteiger partial charge >= 0.3 is 0 Å². The first-order valence-corrected chi connectivity index (χ1v) is 4.66. The Morgan fingerprint density at radius 3 is 1.62 bits per heavy atom. The number of ether oxygens (including phenoxy) is 1. The van der Waals surface area contributed by atoms with E-state index < -0.39 is 0 Å². The Morgan fingerprint density at radius 2 is 1.62 bits per heavy atom. The quantitative estimate of drug-likeness (QED) is 0.489. The molecule has 0 saturated heterocycles. The van der Waals surface area contributed by atoms with Crippen LogP contribution in [0, 0.1) is 0 Å². The molecule has 2 radical (unpaired) electrons. The van der Waals surface area contributed by atoms with Crippen molar-refractivity contribution in [1.82, 2.24) is 0 Å². The van der Waals surface area contributed by atoms with E-state index in [-0.39, 0.29) is 5.60 Å². The van der Waals surface area contributed by atoms with Crippen LogP contribution in [0.25, 0.3) is 0 Å². The van der Waals surface area contributed by atoms with Crippen LogP contribution in [0.3, 0.4) is 0 Å². The van der Waals surface area contributed by atoms with Crippen molar-refractivity contribution in [3.63, 3.8) is 0 Å². The van der Waals surface area contributed by atoms with Crippen LogP contribution in [-0.2, 0) is 9.53 Å². The number of carbonyl (C=O) groups is 1. The maximum Gasteiger partial charge on any atom is 0.119 e. The highest BCUT2D eigenvalue weighted by atomic mass is 16.5. The van der Waals surface area contributed by atoms with Crippen LogP contribution in [0.2, 0.25) is 6.32 Å². The predicted molar refractivity (Wildman–Crippen MR) is 59.4 cm³/mol. The molecule has 78 valence electrons. The van der Waals surface area contributed by atoms with Gasteiger partial charge < -0.3 is 9.53 Å². The second-order valence-corrected chi connectivity index (χ2v) is 3.06. The Kier molecular flexibility index (Phi) is 20.2. The molecule has 0 aromatic carbocycles. The van der Waals surface area contributed by atoms with Crippen molar-refractivity contribution in [3.8, 4) is 0 Å². The number of hydrogen-bond acceptors (Lipinski definition) is 2. The Bertz CT molecular complexity index is 87.4. The molecule has 0 amide bonds. The zero-order valence-corrected chi connectivity index (χ0v) is 9.89.